The van der Waals surface area contributed by atoms with Gasteiger partial charge in [-0.2, -0.15) is 0 Å². The Balaban J connectivity index is 1.72. The van der Waals surface area contributed by atoms with Gasteiger partial charge in [-0.1, -0.05) is 54.6 Å². The SMILES string of the molecule is COC[C@@H](Oc1ccc(C)c2nc(-c3sc4ccccc4c3C)cc(C(=O)N=O)c12)c1ccccc1. The lowest BCUT2D eigenvalue weighted by Crippen LogP contribution is -2.14. The van der Waals surface area contributed by atoms with Crippen LogP contribution in [0.3, 0.4) is 0 Å². The highest BCUT2D eigenvalue weighted by Crippen LogP contribution is 2.41. The zero-order chi connectivity index (χ0) is 25.2. The highest BCUT2D eigenvalue weighted by molar-refractivity contribution is 7.22. The van der Waals surface area contributed by atoms with E-state index in [0.29, 0.717) is 29.0 Å². The highest BCUT2D eigenvalue weighted by atomic mass is 32.1. The number of nitrogens with zero attached hydrogens (tertiary/aromatic N) is 2. The largest absolute Gasteiger partial charge is 0.483 e. The molecule has 0 spiro atoms. The first-order chi connectivity index (χ1) is 17.5. The fourth-order valence-electron chi connectivity index (χ4n) is 4.46. The Labute approximate surface area is 212 Å². The Hall–Kier alpha value is -3.94. The summed E-state index contributed by atoms with van der Waals surface area (Å²) in [6.45, 7) is 4.27. The predicted octanol–water partition coefficient (Wildman–Crippen LogP) is 7.41. The number of thiophene rings is 1. The van der Waals surface area contributed by atoms with Crippen LogP contribution in [0.4, 0.5) is 0 Å². The third-order valence-electron chi connectivity index (χ3n) is 6.27. The van der Waals surface area contributed by atoms with Gasteiger partial charge in [-0.05, 0) is 54.1 Å². The van der Waals surface area contributed by atoms with Crippen molar-refractivity contribution in [3.8, 4) is 16.3 Å². The second kappa shape index (κ2) is 9.97. The van der Waals surface area contributed by atoms with Crippen molar-refractivity contribution >= 4 is 38.2 Å². The van der Waals surface area contributed by atoms with E-state index in [4.69, 9.17) is 14.5 Å². The Kier molecular flexibility index (Phi) is 6.59. The summed E-state index contributed by atoms with van der Waals surface area (Å²) in [4.78, 5) is 30.2. The van der Waals surface area contributed by atoms with Crippen LogP contribution in [-0.2, 0) is 4.74 Å². The molecule has 5 rings (SSSR count). The molecule has 0 aliphatic heterocycles. The van der Waals surface area contributed by atoms with E-state index in [-0.39, 0.29) is 5.56 Å². The number of nitroso groups, excluding NO2 is 1. The fourth-order valence-corrected chi connectivity index (χ4v) is 5.63. The summed E-state index contributed by atoms with van der Waals surface area (Å²) in [7, 11) is 1.61. The quantitative estimate of drug-likeness (QED) is 0.219. The van der Waals surface area contributed by atoms with Gasteiger partial charge in [0, 0.05) is 17.0 Å². The molecule has 0 saturated carbocycles. The van der Waals surface area contributed by atoms with E-state index < -0.39 is 12.0 Å². The maximum atomic E-state index is 12.8. The molecule has 0 N–H and O–H groups in total. The number of hydrogen-bond acceptors (Lipinski definition) is 6. The number of fused-ring (bicyclic) bond motifs is 2. The molecule has 6 nitrogen and oxygen atoms in total. The summed E-state index contributed by atoms with van der Waals surface area (Å²) < 4.78 is 12.9. The number of hydrogen-bond donors (Lipinski definition) is 0. The second-order valence-corrected chi connectivity index (χ2v) is 9.63. The number of methoxy groups -OCH3 is 1. The Bertz CT molecular complexity index is 1590. The number of aryl methyl sites for hydroxylation is 2. The number of aromatic nitrogens is 1. The highest BCUT2D eigenvalue weighted by Gasteiger charge is 2.23. The average molecular weight is 497 g/mol. The van der Waals surface area contributed by atoms with Gasteiger partial charge >= 0.3 is 5.91 Å². The normalized spacial score (nSPS) is 12.1. The minimum atomic E-state index is -0.860. The number of rotatable bonds is 7. The van der Waals surface area contributed by atoms with Crippen LogP contribution in [0.25, 0.3) is 31.6 Å². The van der Waals surface area contributed by atoms with Crippen LogP contribution in [0.2, 0.25) is 0 Å². The summed E-state index contributed by atoms with van der Waals surface area (Å²) in [6, 6.07) is 23.2. The molecule has 0 radical (unpaired) electrons. The smallest absolute Gasteiger partial charge is 0.317 e. The molecular formula is C29H24N2O4S. The summed E-state index contributed by atoms with van der Waals surface area (Å²) >= 11 is 1.61. The number of benzene rings is 3. The maximum Gasteiger partial charge on any atom is 0.317 e. The summed E-state index contributed by atoms with van der Waals surface area (Å²) in [5.74, 6) is -0.415. The average Bonchev–Trinajstić information content (AvgIpc) is 3.25. The van der Waals surface area contributed by atoms with Crippen molar-refractivity contribution in [1.82, 2.24) is 4.98 Å². The van der Waals surface area contributed by atoms with Crippen molar-refractivity contribution < 1.29 is 14.3 Å². The molecule has 0 bridgehead atoms. The van der Waals surface area contributed by atoms with E-state index >= 15 is 0 Å². The minimum Gasteiger partial charge on any atom is -0.483 e. The molecule has 2 heterocycles. The van der Waals surface area contributed by atoms with Crippen LogP contribution >= 0.6 is 11.3 Å². The summed E-state index contributed by atoms with van der Waals surface area (Å²) in [5.41, 5.74) is 4.27. The molecule has 0 fully saturated rings. The number of pyridine rings is 1. The number of amides is 1. The predicted molar refractivity (Wildman–Crippen MR) is 144 cm³/mol. The molecule has 2 aromatic heterocycles. The molecule has 36 heavy (non-hydrogen) atoms. The Morgan fingerprint density at radius 1 is 1.03 bits per heavy atom. The van der Waals surface area contributed by atoms with E-state index in [2.05, 4.69) is 17.3 Å². The minimum absolute atomic E-state index is 0.171. The van der Waals surface area contributed by atoms with Crippen LogP contribution < -0.4 is 4.74 Å². The Morgan fingerprint density at radius 2 is 1.78 bits per heavy atom. The van der Waals surface area contributed by atoms with Crippen molar-refractivity contribution in [2.24, 2.45) is 5.18 Å². The van der Waals surface area contributed by atoms with E-state index in [0.717, 1.165) is 31.7 Å². The van der Waals surface area contributed by atoms with Crippen LogP contribution in [0.1, 0.15) is 33.2 Å². The number of ether oxygens (including phenoxy) is 2. The molecule has 0 aliphatic rings. The monoisotopic (exact) mass is 496 g/mol. The van der Waals surface area contributed by atoms with Gasteiger partial charge < -0.3 is 9.47 Å². The lowest BCUT2D eigenvalue weighted by molar-refractivity contribution is 0.0819. The Morgan fingerprint density at radius 3 is 2.50 bits per heavy atom. The topological polar surface area (TPSA) is 77.8 Å². The first-order valence-corrected chi connectivity index (χ1v) is 12.3. The molecular weight excluding hydrogens is 472 g/mol. The molecule has 3 aromatic carbocycles. The van der Waals surface area contributed by atoms with E-state index in [9.17, 15) is 9.70 Å². The van der Waals surface area contributed by atoms with Gasteiger partial charge in [0.05, 0.1) is 33.6 Å². The van der Waals surface area contributed by atoms with Crippen molar-refractivity contribution in [1.29, 1.82) is 0 Å². The number of carbonyl (C=O) groups excluding carboxylic acids is 1. The zero-order valence-corrected chi connectivity index (χ0v) is 21.0. The van der Waals surface area contributed by atoms with Crippen molar-refractivity contribution in [3.05, 3.63) is 100.0 Å². The standard InChI is InChI=1S/C29H24N2O4S/c1-17-13-14-23(35-24(16-34-3)19-9-5-4-6-10-19)26-21(29(32)31-33)15-22(30-27(17)26)28-18(2)20-11-7-8-12-25(20)36-28/h4-15,24H,16H2,1-3H3/t24-/m1/s1. The molecule has 7 heteroatoms. The van der Waals surface area contributed by atoms with E-state index in [1.54, 1.807) is 30.6 Å². The molecule has 1 amide bonds. The molecule has 5 aromatic rings. The molecule has 0 saturated heterocycles. The van der Waals surface area contributed by atoms with Crippen LogP contribution in [0, 0.1) is 18.8 Å². The van der Waals surface area contributed by atoms with Gasteiger partial charge in [-0.25, -0.2) is 4.98 Å². The van der Waals surface area contributed by atoms with E-state index in [1.165, 1.54) is 0 Å². The first kappa shape index (κ1) is 23.8. The van der Waals surface area contributed by atoms with Crippen molar-refractivity contribution in [3.63, 3.8) is 0 Å². The third-order valence-corrected chi connectivity index (χ3v) is 7.57. The second-order valence-electron chi connectivity index (χ2n) is 8.58. The van der Waals surface area contributed by atoms with Crippen molar-refractivity contribution in [2.45, 2.75) is 20.0 Å². The molecule has 0 aliphatic carbocycles. The molecule has 0 unspecified atom stereocenters. The number of carbonyl (C=O) groups is 1. The zero-order valence-electron chi connectivity index (χ0n) is 20.1. The fraction of sp³-hybridized carbons (Fsp3) is 0.172. The third kappa shape index (κ3) is 4.27. The van der Waals surface area contributed by atoms with Gasteiger partial charge in [0.2, 0.25) is 0 Å². The summed E-state index contributed by atoms with van der Waals surface area (Å²) in [5, 5.41) is 4.37. The van der Waals surface area contributed by atoms with Gasteiger partial charge in [0.15, 0.2) is 0 Å². The lowest BCUT2D eigenvalue weighted by atomic mass is 10.0. The maximum absolute atomic E-state index is 12.8. The van der Waals surface area contributed by atoms with Gasteiger partial charge in [-0.15, -0.1) is 16.2 Å². The summed E-state index contributed by atoms with van der Waals surface area (Å²) in [6.07, 6.45) is -0.418. The van der Waals surface area contributed by atoms with Crippen LogP contribution in [-0.4, -0.2) is 24.6 Å². The van der Waals surface area contributed by atoms with Crippen molar-refractivity contribution in [2.75, 3.05) is 13.7 Å². The molecule has 180 valence electrons. The van der Waals surface area contributed by atoms with Gasteiger partial charge in [-0.3, -0.25) is 4.79 Å². The van der Waals surface area contributed by atoms with Gasteiger partial charge in [0.1, 0.15) is 11.9 Å². The lowest BCUT2D eigenvalue weighted by Gasteiger charge is -2.21. The van der Waals surface area contributed by atoms with E-state index in [1.807, 2.05) is 62.4 Å². The molecule has 1 atom stereocenters. The first-order valence-electron chi connectivity index (χ1n) is 11.5. The van der Waals surface area contributed by atoms with Crippen LogP contribution in [0.5, 0.6) is 5.75 Å². The van der Waals surface area contributed by atoms with Gasteiger partial charge in [0.25, 0.3) is 0 Å². The van der Waals surface area contributed by atoms with Crippen LogP contribution in [0.15, 0.2) is 78.0 Å².